The van der Waals surface area contributed by atoms with Crippen LogP contribution in [0.4, 0.5) is 0 Å². The summed E-state index contributed by atoms with van der Waals surface area (Å²) >= 11 is 0. The number of nitrogens with one attached hydrogen (secondary N) is 1. The molecule has 1 amide bonds. The van der Waals surface area contributed by atoms with Crippen molar-refractivity contribution in [3.63, 3.8) is 0 Å². The molecule has 8 heteroatoms. The molecule has 2 unspecified atom stereocenters. The molecule has 2 atom stereocenters. The number of hydrogen-bond donors (Lipinski definition) is 4. The average Bonchev–Trinajstić information content (AvgIpc) is 3.37. The Morgan fingerprint density at radius 2 is 1.66 bits per heavy atom. The predicted molar refractivity (Wildman–Crippen MR) is 153 cm³/mol. The van der Waals surface area contributed by atoms with E-state index in [1.165, 1.54) is 7.11 Å². The van der Waals surface area contributed by atoms with Crippen molar-refractivity contribution in [2.24, 2.45) is 0 Å². The first kappa shape index (κ1) is 26.4. The Morgan fingerprint density at radius 3 is 2.41 bits per heavy atom. The molecule has 0 spiro atoms. The molecule has 4 aromatic carbocycles. The third-order valence-corrected chi connectivity index (χ3v) is 7.96. The SMILES string of the molecule is COc1cc(C2Oc3cc(OC)c4c(c3C2C(=O)NCCc2ccc(O)cc2)CCc2cc(O)ccc2-4)ccc1O. The van der Waals surface area contributed by atoms with Gasteiger partial charge in [-0.3, -0.25) is 4.79 Å². The summed E-state index contributed by atoms with van der Waals surface area (Å²) in [6.07, 6.45) is 1.29. The van der Waals surface area contributed by atoms with Gasteiger partial charge in [0.2, 0.25) is 5.91 Å². The topological polar surface area (TPSA) is 117 Å². The van der Waals surface area contributed by atoms with Gasteiger partial charge in [0.1, 0.15) is 35.0 Å². The molecule has 0 saturated heterocycles. The first-order valence-electron chi connectivity index (χ1n) is 13.5. The van der Waals surface area contributed by atoms with Crippen LogP contribution in [0.25, 0.3) is 11.1 Å². The minimum Gasteiger partial charge on any atom is -0.508 e. The number of carbonyl (C=O) groups excluding carboxylic acids is 1. The minimum absolute atomic E-state index is 0.000527. The fourth-order valence-corrected chi connectivity index (χ4v) is 6.01. The van der Waals surface area contributed by atoms with Gasteiger partial charge in [-0.15, -0.1) is 0 Å². The zero-order chi connectivity index (χ0) is 28.7. The lowest BCUT2D eigenvalue weighted by molar-refractivity contribution is -0.124. The average molecular weight is 554 g/mol. The molecule has 0 saturated carbocycles. The molecule has 2 aliphatic rings. The van der Waals surface area contributed by atoms with E-state index in [0.29, 0.717) is 48.6 Å². The van der Waals surface area contributed by atoms with Gasteiger partial charge in [-0.2, -0.15) is 0 Å². The van der Waals surface area contributed by atoms with Gasteiger partial charge >= 0.3 is 0 Å². The molecule has 0 aromatic heterocycles. The van der Waals surface area contributed by atoms with Crippen molar-refractivity contribution in [1.82, 2.24) is 5.32 Å². The Labute approximate surface area is 237 Å². The van der Waals surface area contributed by atoms with Crippen molar-refractivity contribution in [1.29, 1.82) is 0 Å². The Hall–Kier alpha value is -4.85. The molecule has 0 fully saturated rings. The Balaban J connectivity index is 1.42. The summed E-state index contributed by atoms with van der Waals surface area (Å²) in [5.74, 6) is 1.08. The second kappa shape index (κ2) is 10.6. The van der Waals surface area contributed by atoms with E-state index >= 15 is 0 Å². The molecular formula is C33H31NO7. The van der Waals surface area contributed by atoms with Crippen LogP contribution in [-0.4, -0.2) is 42.0 Å². The molecule has 1 heterocycles. The molecule has 6 rings (SSSR count). The van der Waals surface area contributed by atoms with Crippen LogP contribution in [0.3, 0.4) is 0 Å². The van der Waals surface area contributed by atoms with Gasteiger partial charge in [-0.25, -0.2) is 0 Å². The lowest BCUT2D eigenvalue weighted by Gasteiger charge is -2.26. The molecule has 210 valence electrons. The summed E-state index contributed by atoms with van der Waals surface area (Å²) in [5, 5.41) is 33.0. The summed E-state index contributed by atoms with van der Waals surface area (Å²) in [4.78, 5) is 14.0. The number of rotatable bonds is 7. The molecule has 1 aliphatic heterocycles. The highest BCUT2D eigenvalue weighted by Crippen LogP contribution is 2.55. The Kier molecular flexibility index (Phi) is 6.83. The zero-order valence-electron chi connectivity index (χ0n) is 22.8. The van der Waals surface area contributed by atoms with Crippen LogP contribution in [0.5, 0.6) is 34.5 Å². The summed E-state index contributed by atoms with van der Waals surface area (Å²) < 4.78 is 17.7. The van der Waals surface area contributed by atoms with Gasteiger partial charge in [-0.05, 0) is 83.5 Å². The largest absolute Gasteiger partial charge is 0.508 e. The number of aryl methyl sites for hydroxylation is 1. The Bertz CT molecular complexity index is 1630. The lowest BCUT2D eigenvalue weighted by atomic mass is 9.78. The molecule has 41 heavy (non-hydrogen) atoms. The number of ether oxygens (including phenoxy) is 3. The molecule has 4 aromatic rings. The summed E-state index contributed by atoms with van der Waals surface area (Å²) in [6.45, 7) is 0.404. The predicted octanol–water partition coefficient (Wildman–Crippen LogP) is 5.16. The van der Waals surface area contributed by atoms with Crippen LogP contribution in [0.2, 0.25) is 0 Å². The number of aromatic hydroxyl groups is 3. The maximum Gasteiger partial charge on any atom is 0.231 e. The minimum atomic E-state index is -0.669. The van der Waals surface area contributed by atoms with E-state index in [2.05, 4.69) is 5.32 Å². The molecular weight excluding hydrogens is 522 g/mol. The van der Waals surface area contributed by atoms with Gasteiger partial charge < -0.3 is 34.8 Å². The monoisotopic (exact) mass is 553 g/mol. The van der Waals surface area contributed by atoms with Crippen molar-refractivity contribution in [3.8, 4) is 45.6 Å². The number of methoxy groups -OCH3 is 2. The smallest absolute Gasteiger partial charge is 0.231 e. The fourth-order valence-electron chi connectivity index (χ4n) is 6.01. The number of phenolic OH excluding ortho intramolecular Hbond substituents is 3. The van der Waals surface area contributed by atoms with Crippen molar-refractivity contribution in [2.75, 3.05) is 20.8 Å². The van der Waals surface area contributed by atoms with Gasteiger partial charge in [0.15, 0.2) is 11.5 Å². The van der Waals surface area contributed by atoms with Crippen LogP contribution in [0, 0.1) is 0 Å². The highest BCUT2D eigenvalue weighted by molar-refractivity contribution is 5.90. The Morgan fingerprint density at radius 1 is 0.902 bits per heavy atom. The van der Waals surface area contributed by atoms with Crippen molar-refractivity contribution < 1.29 is 34.3 Å². The van der Waals surface area contributed by atoms with Gasteiger partial charge in [-0.1, -0.05) is 24.3 Å². The van der Waals surface area contributed by atoms with Gasteiger partial charge in [0.25, 0.3) is 0 Å². The van der Waals surface area contributed by atoms with Gasteiger partial charge in [0, 0.05) is 23.7 Å². The van der Waals surface area contributed by atoms with Crippen molar-refractivity contribution in [2.45, 2.75) is 31.3 Å². The number of carbonyl (C=O) groups is 1. The number of amides is 1. The maximum absolute atomic E-state index is 14.0. The highest BCUT2D eigenvalue weighted by atomic mass is 16.5. The van der Waals surface area contributed by atoms with Crippen molar-refractivity contribution >= 4 is 5.91 Å². The summed E-state index contributed by atoms with van der Waals surface area (Å²) in [5.41, 5.74) is 6.38. The molecule has 8 nitrogen and oxygen atoms in total. The third kappa shape index (κ3) is 4.75. The first-order valence-corrected chi connectivity index (χ1v) is 13.5. The molecule has 0 bridgehead atoms. The lowest BCUT2D eigenvalue weighted by Crippen LogP contribution is -2.33. The van der Waals surface area contributed by atoms with E-state index in [0.717, 1.165) is 33.4 Å². The number of fused-ring (bicyclic) bond motifs is 5. The third-order valence-electron chi connectivity index (χ3n) is 7.96. The number of phenols is 3. The second-order valence-electron chi connectivity index (χ2n) is 10.3. The summed E-state index contributed by atoms with van der Waals surface area (Å²) in [7, 11) is 3.09. The van der Waals surface area contributed by atoms with Crippen LogP contribution >= 0.6 is 0 Å². The van der Waals surface area contributed by atoms with Crippen LogP contribution in [-0.2, 0) is 24.1 Å². The van der Waals surface area contributed by atoms with E-state index in [1.54, 1.807) is 49.6 Å². The molecule has 0 radical (unpaired) electrons. The standard InChI is InChI=1S/C33H31NO7/c1-39-26-16-20(6-12-25(26)37)32-31(33(38)34-14-13-18-3-7-21(35)8-4-18)30-24-10-5-19-15-22(36)9-11-23(19)29(24)27(40-2)17-28(30)41-32/h3-4,6-9,11-12,15-17,31-32,35-37H,5,10,13-14H2,1-2H3,(H,34,38). The second-order valence-corrected chi connectivity index (χ2v) is 10.3. The van der Waals surface area contributed by atoms with Crippen LogP contribution < -0.4 is 19.5 Å². The maximum atomic E-state index is 14.0. The molecule has 4 N–H and O–H groups in total. The van der Waals surface area contributed by atoms with Gasteiger partial charge in [0.05, 0.1) is 14.2 Å². The van der Waals surface area contributed by atoms with E-state index in [-0.39, 0.29) is 23.2 Å². The quantitative estimate of drug-likeness (QED) is 0.250. The highest BCUT2D eigenvalue weighted by Gasteiger charge is 2.44. The van der Waals surface area contributed by atoms with E-state index in [1.807, 2.05) is 24.3 Å². The van der Waals surface area contributed by atoms with Crippen LogP contribution in [0.15, 0.2) is 66.7 Å². The number of benzene rings is 4. The fraction of sp³-hybridized carbons (Fsp3) is 0.242. The molecule has 1 aliphatic carbocycles. The van der Waals surface area contributed by atoms with E-state index in [9.17, 15) is 20.1 Å². The normalized spacial score (nSPS) is 16.6. The van der Waals surface area contributed by atoms with Crippen LogP contribution in [0.1, 0.15) is 39.8 Å². The summed E-state index contributed by atoms with van der Waals surface area (Å²) in [6, 6.07) is 19.1. The van der Waals surface area contributed by atoms with E-state index < -0.39 is 12.0 Å². The first-order chi connectivity index (χ1) is 19.9. The zero-order valence-corrected chi connectivity index (χ0v) is 22.8. The van der Waals surface area contributed by atoms with Crippen molar-refractivity contribution in [3.05, 3.63) is 94.5 Å². The van der Waals surface area contributed by atoms with E-state index in [4.69, 9.17) is 14.2 Å². The number of hydrogen-bond acceptors (Lipinski definition) is 7.